The number of carbonyl (C=O) groups is 1. The lowest BCUT2D eigenvalue weighted by molar-refractivity contribution is -0.148. The summed E-state index contributed by atoms with van der Waals surface area (Å²) in [6.07, 6.45) is 13.6. The number of ether oxygens (including phenoxy) is 1. The SMILES string of the molecule is O=C1OC2C(I)=CC=CC2=C2C=CC=CC12. The molecule has 1 heterocycles. The maximum atomic E-state index is 11.8. The second-order valence-electron chi connectivity index (χ2n) is 3.86. The minimum absolute atomic E-state index is 0.151. The number of allylic oxidation sites excluding steroid dienone is 5. The topological polar surface area (TPSA) is 26.3 Å². The van der Waals surface area contributed by atoms with Crippen LogP contribution in [-0.4, -0.2) is 12.1 Å². The maximum absolute atomic E-state index is 11.8. The van der Waals surface area contributed by atoms with Gasteiger partial charge in [-0.2, -0.15) is 0 Å². The zero-order valence-electron chi connectivity index (χ0n) is 8.39. The van der Waals surface area contributed by atoms with E-state index in [1.54, 1.807) is 0 Å². The average Bonchev–Trinajstić information content (AvgIpc) is 2.31. The van der Waals surface area contributed by atoms with Gasteiger partial charge in [0.2, 0.25) is 0 Å². The van der Waals surface area contributed by atoms with Crippen molar-refractivity contribution in [3.05, 3.63) is 57.3 Å². The van der Waals surface area contributed by atoms with Crippen LogP contribution < -0.4 is 0 Å². The molecule has 0 aromatic rings. The van der Waals surface area contributed by atoms with E-state index in [9.17, 15) is 4.79 Å². The van der Waals surface area contributed by atoms with Gasteiger partial charge in [0.05, 0.1) is 0 Å². The molecule has 0 saturated carbocycles. The Hall–Kier alpha value is -1.10. The summed E-state index contributed by atoms with van der Waals surface area (Å²) in [7, 11) is 0. The average molecular weight is 324 g/mol. The van der Waals surface area contributed by atoms with E-state index in [-0.39, 0.29) is 18.0 Å². The molecule has 0 radical (unpaired) electrons. The molecular weight excluding hydrogens is 315 g/mol. The van der Waals surface area contributed by atoms with E-state index in [4.69, 9.17) is 4.74 Å². The van der Waals surface area contributed by atoms with Crippen molar-refractivity contribution in [1.82, 2.24) is 0 Å². The van der Waals surface area contributed by atoms with Crippen molar-refractivity contribution in [2.24, 2.45) is 5.92 Å². The summed E-state index contributed by atoms with van der Waals surface area (Å²) in [6.45, 7) is 0. The van der Waals surface area contributed by atoms with Crippen LogP contribution in [0.5, 0.6) is 0 Å². The lowest BCUT2D eigenvalue weighted by atomic mass is 9.84. The van der Waals surface area contributed by atoms with Crippen molar-refractivity contribution in [3.8, 4) is 0 Å². The highest BCUT2D eigenvalue weighted by molar-refractivity contribution is 14.1. The van der Waals surface area contributed by atoms with E-state index >= 15 is 0 Å². The molecule has 2 nitrogen and oxygen atoms in total. The maximum Gasteiger partial charge on any atom is 0.318 e. The van der Waals surface area contributed by atoms with Crippen LogP contribution in [0.3, 0.4) is 0 Å². The summed E-state index contributed by atoms with van der Waals surface area (Å²) < 4.78 is 6.52. The minimum atomic E-state index is -0.219. The van der Waals surface area contributed by atoms with Crippen molar-refractivity contribution < 1.29 is 9.53 Å². The monoisotopic (exact) mass is 324 g/mol. The summed E-state index contributed by atoms with van der Waals surface area (Å²) in [5.41, 5.74) is 2.18. The Kier molecular flexibility index (Phi) is 2.35. The highest BCUT2D eigenvalue weighted by Gasteiger charge is 2.36. The molecule has 0 aromatic heterocycles. The van der Waals surface area contributed by atoms with Crippen LogP contribution in [0.4, 0.5) is 0 Å². The smallest absolute Gasteiger partial charge is 0.318 e. The normalized spacial score (nSPS) is 30.8. The first-order chi connectivity index (χ1) is 7.77. The fourth-order valence-corrected chi connectivity index (χ4v) is 2.82. The molecular formula is C13H9IO2. The third-order valence-corrected chi connectivity index (χ3v) is 3.84. The molecule has 0 N–H and O–H groups in total. The molecule has 2 aliphatic carbocycles. The van der Waals surface area contributed by atoms with Gasteiger partial charge in [-0.3, -0.25) is 4.79 Å². The van der Waals surface area contributed by atoms with Gasteiger partial charge in [0.1, 0.15) is 5.92 Å². The minimum Gasteiger partial charge on any atom is -0.451 e. The Bertz CT molecular complexity index is 506. The molecule has 0 saturated heterocycles. The number of carbonyl (C=O) groups excluding carboxylic acids is 1. The Labute approximate surface area is 107 Å². The second kappa shape index (κ2) is 3.73. The molecule has 0 spiro atoms. The highest BCUT2D eigenvalue weighted by Crippen LogP contribution is 2.38. The van der Waals surface area contributed by atoms with Crippen molar-refractivity contribution >= 4 is 28.6 Å². The van der Waals surface area contributed by atoms with Crippen molar-refractivity contribution in [1.29, 1.82) is 0 Å². The molecule has 3 rings (SSSR count). The summed E-state index contributed by atoms with van der Waals surface area (Å²) in [6, 6.07) is 0. The number of halogens is 1. The summed E-state index contributed by atoms with van der Waals surface area (Å²) in [4.78, 5) is 11.8. The first-order valence-corrected chi connectivity index (χ1v) is 6.18. The van der Waals surface area contributed by atoms with Gasteiger partial charge in [-0.05, 0) is 34.2 Å². The van der Waals surface area contributed by atoms with Crippen molar-refractivity contribution in [3.63, 3.8) is 0 Å². The number of fused-ring (bicyclic) bond motifs is 2. The second-order valence-corrected chi connectivity index (χ2v) is 5.11. The third-order valence-electron chi connectivity index (χ3n) is 2.91. The van der Waals surface area contributed by atoms with Gasteiger partial charge in [-0.25, -0.2) is 0 Å². The molecule has 2 unspecified atom stereocenters. The molecule has 2 atom stereocenters. The molecule has 16 heavy (non-hydrogen) atoms. The van der Waals surface area contributed by atoms with Gasteiger partial charge in [-0.1, -0.05) is 36.5 Å². The van der Waals surface area contributed by atoms with Gasteiger partial charge in [0, 0.05) is 9.15 Å². The molecule has 0 fully saturated rings. The van der Waals surface area contributed by atoms with Crippen LogP contribution in [0.1, 0.15) is 0 Å². The Morgan fingerprint density at radius 3 is 2.81 bits per heavy atom. The predicted molar refractivity (Wildman–Crippen MR) is 69.9 cm³/mol. The van der Waals surface area contributed by atoms with Gasteiger partial charge in [0.15, 0.2) is 6.10 Å². The fraction of sp³-hybridized carbons (Fsp3) is 0.154. The van der Waals surface area contributed by atoms with Crippen LogP contribution in [0.15, 0.2) is 57.3 Å². The Balaban J connectivity index is 2.16. The lowest BCUT2D eigenvalue weighted by Crippen LogP contribution is -2.33. The predicted octanol–water partition coefficient (Wildman–Crippen LogP) is 2.84. The van der Waals surface area contributed by atoms with E-state index in [2.05, 4.69) is 22.6 Å². The van der Waals surface area contributed by atoms with Crippen LogP contribution in [-0.2, 0) is 9.53 Å². The molecule has 0 aromatic carbocycles. The van der Waals surface area contributed by atoms with Crippen LogP contribution >= 0.6 is 22.6 Å². The largest absolute Gasteiger partial charge is 0.451 e. The number of rotatable bonds is 0. The van der Waals surface area contributed by atoms with Crippen molar-refractivity contribution in [2.75, 3.05) is 0 Å². The van der Waals surface area contributed by atoms with E-state index in [1.807, 2.05) is 42.5 Å². The van der Waals surface area contributed by atoms with Crippen LogP contribution in [0.2, 0.25) is 0 Å². The van der Waals surface area contributed by atoms with Gasteiger partial charge in [-0.15, -0.1) is 0 Å². The number of hydrogen-bond acceptors (Lipinski definition) is 2. The molecule has 0 bridgehead atoms. The molecule has 80 valence electrons. The molecule has 3 aliphatic rings. The molecule has 1 aliphatic heterocycles. The third kappa shape index (κ3) is 1.42. The quantitative estimate of drug-likeness (QED) is 0.506. The number of esters is 1. The zero-order valence-corrected chi connectivity index (χ0v) is 10.5. The van der Waals surface area contributed by atoms with E-state index in [0.29, 0.717) is 0 Å². The standard InChI is InChI=1S/C13H9IO2/c14-11-7-3-6-9-8-4-1-2-5-10(8)13(15)16-12(9)11/h1-7,10,12H. The van der Waals surface area contributed by atoms with Gasteiger partial charge >= 0.3 is 5.97 Å². The van der Waals surface area contributed by atoms with Gasteiger partial charge in [0.25, 0.3) is 0 Å². The van der Waals surface area contributed by atoms with E-state index < -0.39 is 0 Å². The van der Waals surface area contributed by atoms with E-state index in [0.717, 1.165) is 14.7 Å². The molecule has 3 heteroatoms. The highest BCUT2D eigenvalue weighted by atomic mass is 127. The molecule has 0 amide bonds. The van der Waals surface area contributed by atoms with Crippen molar-refractivity contribution in [2.45, 2.75) is 6.10 Å². The van der Waals surface area contributed by atoms with Crippen LogP contribution in [0, 0.1) is 5.92 Å². The van der Waals surface area contributed by atoms with E-state index in [1.165, 1.54) is 0 Å². The zero-order chi connectivity index (χ0) is 11.1. The first kappa shape index (κ1) is 10.1. The first-order valence-electron chi connectivity index (χ1n) is 5.10. The summed E-state index contributed by atoms with van der Waals surface area (Å²) in [5, 5.41) is 0. The fourth-order valence-electron chi connectivity index (χ4n) is 2.15. The van der Waals surface area contributed by atoms with Gasteiger partial charge < -0.3 is 4.74 Å². The Morgan fingerprint density at radius 2 is 1.94 bits per heavy atom. The Morgan fingerprint density at radius 1 is 1.12 bits per heavy atom. The number of hydrogen-bond donors (Lipinski definition) is 0. The van der Waals surface area contributed by atoms with Crippen LogP contribution in [0.25, 0.3) is 0 Å². The summed E-state index contributed by atoms with van der Waals surface area (Å²) in [5.74, 6) is -0.370. The lowest BCUT2D eigenvalue weighted by Gasteiger charge is -2.32. The summed E-state index contributed by atoms with van der Waals surface area (Å²) >= 11 is 2.22.